The van der Waals surface area contributed by atoms with Crippen LogP contribution < -0.4 is 10.2 Å². The van der Waals surface area contributed by atoms with Gasteiger partial charge < -0.3 is 15.3 Å². The van der Waals surface area contributed by atoms with Crippen molar-refractivity contribution in [2.24, 2.45) is 0 Å². The molecule has 12 heteroatoms. The van der Waals surface area contributed by atoms with Gasteiger partial charge in [0.15, 0.2) is 6.10 Å². The smallest absolute Gasteiger partial charge is 0.382 e. The van der Waals surface area contributed by atoms with Gasteiger partial charge in [0.2, 0.25) is 0 Å². The fourth-order valence-corrected chi connectivity index (χ4v) is 4.96. The molecule has 0 radical (unpaired) electrons. The summed E-state index contributed by atoms with van der Waals surface area (Å²) in [6, 6.07) is 13.2. The molecule has 3 nitrogen and oxygen atoms in total. The first-order chi connectivity index (χ1) is 18.0. The number of nitrogens with zero attached hydrogens (tertiary/aromatic N) is 1. The molecular weight excluding hydrogens is 539 g/mol. The van der Waals surface area contributed by atoms with E-state index in [1.54, 1.807) is 18.2 Å². The van der Waals surface area contributed by atoms with Gasteiger partial charge in [-0.1, -0.05) is 42.5 Å². The number of fused-ring (bicyclic) bond motifs is 1. The third-order valence-corrected chi connectivity index (χ3v) is 7.09. The van der Waals surface area contributed by atoms with Gasteiger partial charge in [0, 0.05) is 12.0 Å². The largest absolute Gasteiger partial charge is 0.416 e. The second-order valence-electron chi connectivity index (χ2n) is 9.48. The summed E-state index contributed by atoms with van der Waals surface area (Å²) in [5, 5.41) is 13.1. The second-order valence-corrected chi connectivity index (χ2v) is 9.48. The Labute approximate surface area is 217 Å². The maximum atomic E-state index is 13.7. The number of para-hydroxylation sites is 2. The second kappa shape index (κ2) is 9.96. The molecule has 0 aliphatic carbocycles. The quantitative estimate of drug-likeness (QED) is 0.322. The predicted molar refractivity (Wildman–Crippen MR) is 127 cm³/mol. The first kappa shape index (κ1) is 28.6. The van der Waals surface area contributed by atoms with E-state index in [9.17, 15) is 44.6 Å². The van der Waals surface area contributed by atoms with Crippen LogP contribution in [0.3, 0.4) is 0 Å². The molecule has 3 atom stereocenters. The Morgan fingerprint density at radius 1 is 0.769 bits per heavy atom. The van der Waals surface area contributed by atoms with Crippen LogP contribution in [0.5, 0.6) is 0 Å². The van der Waals surface area contributed by atoms with Gasteiger partial charge in [-0.25, -0.2) is 0 Å². The third-order valence-electron chi connectivity index (χ3n) is 7.09. The molecule has 0 aromatic heterocycles. The first-order valence-corrected chi connectivity index (χ1v) is 11.7. The lowest BCUT2D eigenvalue weighted by atomic mass is 9.68. The molecule has 39 heavy (non-hydrogen) atoms. The Morgan fingerprint density at radius 3 is 1.92 bits per heavy atom. The van der Waals surface area contributed by atoms with Crippen molar-refractivity contribution in [2.75, 3.05) is 23.3 Å². The zero-order valence-corrected chi connectivity index (χ0v) is 20.3. The number of hydrogen-bond acceptors (Lipinski definition) is 3. The highest BCUT2D eigenvalue weighted by atomic mass is 19.4. The zero-order chi connectivity index (χ0) is 28.8. The fraction of sp³-hybridized carbons (Fsp3) is 0.333. The van der Waals surface area contributed by atoms with E-state index in [0.29, 0.717) is 5.69 Å². The maximum Gasteiger partial charge on any atom is 0.416 e. The molecule has 2 N–H and O–H groups in total. The van der Waals surface area contributed by atoms with Gasteiger partial charge in [0.05, 0.1) is 35.1 Å². The summed E-state index contributed by atoms with van der Waals surface area (Å²) in [6.07, 6.45) is -17.2. The van der Waals surface area contributed by atoms with Crippen LogP contribution in [0.4, 0.5) is 50.9 Å². The van der Waals surface area contributed by atoms with Gasteiger partial charge in [-0.15, -0.1) is 0 Å². The van der Waals surface area contributed by atoms with E-state index >= 15 is 0 Å². The molecule has 1 aliphatic heterocycles. The maximum absolute atomic E-state index is 13.7. The van der Waals surface area contributed by atoms with E-state index in [1.807, 2.05) is 0 Å². The highest BCUT2D eigenvalue weighted by Gasteiger charge is 2.48. The molecule has 4 rings (SSSR count). The van der Waals surface area contributed by atoms with Crippen LogP contribution in [0, 0.1) is 0 Å². The van der Waals surface area contributed by atoms with Gasteiger partial charge >= 0.3 is 18.5 Å². The summed E-state index contributed by atoms with van der Waals surface area (Å²) in [4.78, 5) is 1.25. The molecule has 0 unspecified atom stereocenters. The standard InChI is InChI=1S/C27H23F9N2O/c1-24(16-9-11-17(12-10-16)25(28,29)30,18-5-4-6-19(13-18)26(31,32)33)22-14-37-20-7-2-3-8-21(20)38(22)15-23(39)27(34,35)36/h2-13,22-23,37,39H,14-15H2,1H3/t22-,23+,24+/m0/s1. The topological polar surface area (TPSA) is 35.5 Å². The molecule has 1 heterocycles. The summed E-state index contributed by atoms with van der Waals surface area (Å²) in [7, 11) is 0. The third kappa shape index (κ3) is 5.66. The van der Waals surface area contributed by atoms with E-state index in [1.165, 1.54) is 24.0 Å². The molecular formula is C27H23F9N2O. The molecule has 0 saturated carbocycles. The van der Waals surface area contributed by atoms with Crippen molar-refractivity contribution >= 4 is 11.4 Å². The first-order valence-electron chi connectivity index (χ1n) is 11.7. The number of benzene rings is 3. The van der Waals surface area contributed by atoms with Crippen molar-refractivity contribution in [2.45, 2.75) is 43.0 Å². The highest BCUT2D eigenvalue weighted by molar-refractivity contribution is 5.74. The van der Waals surface area contributed by atoms with E-state index < -0.39 is 53.8 Å². The lowest BCUT2D eigenvalue weighted by Crippen LogP contribution is -2.58. The monoisotopic (exact) mass is 562 g/mol. The normalized spacial score (nSPS) is 18.6. The molecule has 0 fully saturated rings. The number of alkyl halides is 9. The predicted octanol–water partition coefficient (Wildman–Crippen LogP) is 7.25. The zero-order valence-electron chi connectivity index (χ0n) is 20.3. The number of anilines is 2. The summed E-state index contributed by atoms with van der Waals surface area (Å²) >= 11 is 0. The van der Waals surface area contributed by atoms with Gasteiger partial charge in [0.25, 0.3) is 0 Å². The minimum Gasteiger partial charge on any atom is -0.382 e. The van der Waals surface area contributed by atoms with Crippen molar-refractivity contribution in [1.82, 2.24) is 0 Å². The lowest BCUT2D eigenvalue weighted by molar-refractivity contribution is -0.200. The number of rotatable bonds is 5. The number of aliphatic hydroxyl groups excluding tert-OH is 1. The van der Waals surface area contributed by atoms with E-state index in [-0.39, 0.29) is 23.4 Å². The number of β-amino-alcohol motifs (C(OH)–C–C–N with tert-alkyl or cyclic N) is 1. The van der Waals surface area contributed by atoms with Crippen LogP contribution in [-0.2, 0) is 17.8 Å². The van der Waals surface area contributed by atoms with Crippen LogP contribution in [0.2, 0.25) is 0 Å². The van der Waals surface area contributed by atoms with Gasteiger partial charge in [-0.05, 0) is 48.4 Å². The highest BCUT2D eigenvalue weighted by Crippen LogP contribution is 2.45. The number of hydrogen-bond donors (Lipinski definition) is 2. The molecule has 0 saturated heterocycles. The fourth-order valence-electron chi connectivity index (χ4n) is 4.96. The Kier molecular flexibility index (Phi) is 7.30. The molecule has 210 valence electrons. The minimum atomic E-state index is -4.99. The molecule has 1 aliphatic rings. The van der Waals surface area contributed by atoms with Crippen LogP contribution in [0.25, 0.3) is 0 Å². The summed E-state index contributed by atoms with van der Waals surface area (Å²) < 4.78 is 121. The Morgan fingerprint density at radius 2 is 1.33 bits per heavy atom. The molecule has 0 spiro atoms. The summed E-state index contributed by atoms with van der Waals surface area (Å²) in [6.45, 7) is 0.426. The summed E-state index contributed by atoms with van der Waals surface area (Å²) in [5.41, 5.74) is -2.73. The number of nitrogens with one attached hydrogen (secondary N) is 1. The Bertz CT molecular complexity index is 1300. The Balaban J connectivity index is 1.94. The average molecular weight is 562 g/mol. The van der Waals surface area contributed by atoms with Crippen LogP contribution in [-0.4, -0.2) is 36.5 Å². The number of halogens is 9. The van der Waals surface area contributed by atoms with Crippen molar-refractivity contribution < 1.29 is 44.6 Å². The summed E-state index contributed by atoms with van der Waals surface area (Å²) in [5.74, 6) is 0. The van der Waals surface area contributed by atoms with Crippen LogP contribution >= 0.6 is 0 Å². The van der Waals surface area contributed by atoms with E-state index in [2.05, 4.69) is 5.32 Å². The van der Waals surface area contributed by atoms with Crippen molar-refractivity contribution in [3.63, 3.8) is 0 Å². The van der Waals surface area contributed by atoms with E-state index in [4.69, 9.17) is 0 Å². The Hall–Kier alpha value is -3.41. The van der Waals surface area contributed by atoms with Crippen LogP contribution in [0.15, 0.2) is 72.8 Å². The molecule has 0 bridgehead atoms. The van der Waals surface area contributed by atoms with Crippen molar-refractivity contribution in [3.8, 4) is 0 Å². The van der Waals surface area contributed by atoms with E-state index in [0.717, 1.165) is 42.5 Å². The number of aliphatic hydroxyl groups is 1. The lowest BCUT2D eigenvalue weighted by Gasteiger charge is -2.50. The van der Waals surface area contributed by atoms with Gasteiger partial charge in [0.1, 0.15) is 0 Å². The molecule has 0 amide bonds. The minimum absolute atomic E-state index is 0.0229. The van der Waals surface area contributed by atoms with Crippen molar-refractivity contribution in [1.29, 1.82) is 0 Å². The average Bonchev–Trinajstić information content (AvgIpc) is 2.87. The molecule has 3 aromatic rings. The van der Waals surface area contributed by atoms with Crippen molar-refractivity contribution in [3.05, 3.63) is 95.1 Å². The molecule has 3 aromatic carbocycles. The van der Waals surface area contributed by atoms with Gasteiger partial charge in [-0.2, -0.15) is 39.5 Å². The SMILES string of the molecule is C[C@@](c1ccc(C(F)(F)F)cc1)(c1cccc(C(F)(F)F)c1)[C@@H]1CNc2ccccc2N1C[C@@H](O)C(F)(F)F. The van der Waals surface area contributed by atoms with Crippen LogP contribution in [0.1, 0.15) is 29.2 Å². The van der Waals surface area contributed by atoms with Gasteiger partial charge in [-0.3, -0.25) is 0 Å².